The van der Waals surface area contributed by atoms with Crippen LogP contribution in [-0.4, -0.2) is 13.7 Å². The summed E-state index contributed by atoms with van der Waals surface area (Å²) in [6.07, 6.45) is 0. The predicted molar refractivity (Wildman–Crippen MR) is 66.3 cm³/mol. The van der Waals surface area contributed by atoms with Gasteiger partial charge >= 0.3 is 0 Å². The highest BCUT2D eigenvalue weighted by Crippen LogP contribution is 2.41. The van der Waals surface area contributed by atoms with E-state index >= 15 is 0 Å². The average Bonchev–Trinajstić information content (AvgIpc) is 2.72. The van der Waals surface area contributed by atoms with Crippen LogP contribution >= 0.6 is 11.6 Å². The highest BCUT2D eigenvalue weighted by atomic mass is 35.5. The summed E-state index contributed by atoms with van der Waals surface area (Å²) in [5.41, 5.74) is 1.16. The predicted octanol–water partition coefficient (Wildman–Crippen LogP) is 3.15. The van der Waals surface area contributed by atoms with Crippen LogP contribution in [0.3, 0.4) is 0 Å². The maximum atomic E-state index is 6.28. The molecule has 1 atom stereocenters. The maximum absolute atomic E-state index is 6.28. The van der Waals surface area contributed by atoms with Crippen molar-refractivity contribution in [3.05, 3.63) is 40.9 Å². The maximum Gasteiger partial charge on any atom is 0.132 e. The van der Waals surface area contributed by atoms with Crippen LogP contribution in [0.1, 0.15) is 11.6 Å². The van der Waals surface area contributed by atoms with E-state index in [-0.39, 0.29) is 6.04 Å². The van der Waals surface area contributed by atoms with Crippen molar-refractivity contribution in [2.75, 3.05) is 13.7 Å². The molecular weight excluding hydrogens is 222 g/mol. The van der Waals surface area contributed by atoms with Crippen LogP contribution in [0.15, 0.2) is 30.3 Å². The molecule has 2 aromatic carbocycles. The van der Waals surface area contributed by atoms with Crippen LogP contribution < -0.4 is 10.1 Å². The summed E-state index contributed by atoms with van der Waals surface area (Å²) in [6.45, 7) is 0.677. The van der Waals surface area contributed by atoms with E-state index in [1.807, 2.05) is 31.3 Å². The number of halogens is 1. The summed E-state index contributed by atoms with van der Waals surface area (Å²) >= 11 is 6.28. The number of hydrogen-bond acceptors (Lipinski definition) is 2. The van der Waals surface area contributed by atoms with Gasteiger partial charge in [0, 0.05) is 21.4 Å². The van der Waals surface area contributed by atoms with Crippen LogP contribution in [0.4, 0.5) is 0 Å². The highest BCUT2D eigenvalue weighted by Gasteiger charge is 2.25. The van der Waals surface area contributed by atoms with Crippen LogP contribution in [0.2, 0.25) is 5.02 Å². The van der Waals surface area contributed by atoms with Crippen LogP contribution in [0, 0.1) is 0 Å². The third kappa shape index (κ3) is 1.30. The lowest BCUT2D eigenvalue weighted by molar-refractivity contribution is 0.321. The second kappa shape index (κ2) is 3.65. The third-order valence-corrected chi connectivity index (χ3v) is 3.40. The van der Waals surface area contributed by atoms with Crippen molar-refractivity contribution >= 4 is 22.4 Å². The van der Waals surface area contributed by atoms with E-state index in [0.29, 0.717) is 6.61 Å². The fourth-order valence-corrected chi connectivity index (χ4v) is 2.52. The van der Waals surface area contributed by atoms with Crippen LogP contribution in [-0.2, 0) is 0 Å². The van der Waals surface area contributed by atoms with Crippen molar-refractivity contribution in [3.63, 3.8) is 0 Å². The summed E-state index contributed by atoms with van der Waals surface area (Å²) in [5.74, 6) is 0.972. The molecule has 0 amide bonds. The molecule has 2 aromatic rings. The van der Waals surface area contributed by atoms with E-state index in [0.717, 1.165) is 27.1 Å². The summed E-state index contributed by atoms with van der Waals surface area (Å²) in [4.78, 5) is 0. The Bertz CT molecular complexity index is 553. The minimum absolute atomic E-state index is 0.247. The van der Waals surface area contributed by atoms with Gasteiger partial charge in [0.2, 0.25) is 0 Å². The molecule has 2 nitrogen and oxygen atoms in total. The number of fused-ring (bicyclic) bond motifs is 3. The Hall–Kier alpha value is -1.25. The van der Waals surface area contributed by atoms with Gasteiger partial charge in [0.25, 0.3) is 0 Å². The first-order valence-corrected chi connectivity index (χ1v) is 5.70. The van der Waals surface area contributed by atoms with Gasteiger partial charge in [-0.3, -0.25) is 0 Å². The molecule has 0 spiro atoms. The molecule has 82 valence electrons. The molecule has 1 N–H and O–H groups in total. The summed E-state index contributed by atoms with van der Waals surface area (Å²) in [6, 6.07) is 10.3. The normalized spacial score (nSPS) is 18.5. The largest absolute Gasteiger partial charge is 0.491 e. The Kier molecular flexibility index (Phi) is 2.27. The van der Waals surface area contributed by atoms with Gasteiger partial charge in [0.05, 0.1) is 6.04 Å². The number of hydrogen-bond donors (Lipinski definition) is 1. The molecule has 1 unspecified atom stereocenters. The molecule has 3 rings (SSSR count). The first kappa shape index (κ1) is 9.94. The van der Waals surface area contributed by atoms with Gasteiger partial charge in [-0.05, 0) is 13.1 Å². The number of benzene rings is 2. The van der Waals surface area contributed by atoms with Crippen molar-refractivity contribution in [1.29, 1.82) is 0 Å². The SMILES string of the molecule is CNC1COc2c1cc(Cl)c1ccccc21. The Balaban J connectivity index is 2.34. The lowest BCUT2D eigenvalue weighted by atomic mass is 10.0. The molecule has 0 fully saturated rings. The lowest BCUT2D eigenvalue weighted by Crippen LogP contribution is -2.17. The zero-order chi connectivity index (χ0) is 11.1. The minimum Gasteiger partial charge on any atom is -0.491 e. The Morgan fingerprint density at radius 2 is 2.06 bits per heavy atom. The first-order valence-electron chi connectivity index (χ1n) is 5.32. The van der Waals surface area contributed by atoms with Gasteiger partial charge in [-0.15, -0.1) is 0 Å². The van der Waals surface area contributed by atoms with Crippen molar-refractivity contribution in [3.8, 4) is 5.75 Å². The summed E-state index contributed by atoms with van der Waals surface area (Å²) < 4.78 is 5.75. The van der Waals surface area contributed by atoms with E-state index in [2.05, 4.69) is 11.4 Å². The van der Waals surface area contributed by atoms with E-state index in [9.17, 15) is 0 Å². The third-order valence-electron chi connectivity index (χ3n) is 3.09. The van der Waals surface area contributed by atoms with E-state index < -0.39 is 0 Å². The Morgan fingerprint density at radius 3 is 2.81 bits per heavy atom. The number of nitrogens with one attached hydrogen (secondary N) is 1. The van der Waals surface area contributed by atoms with Crippen molar-refractivity contribution in [2.24, 2.45) is 0 Å². The highest BCUT2D eigenvalue weighted by molar-refractivity contribution is 6.36. The lowest BCUT2D eigenvalue weighted by Gasteiger charge is -2.09. The summed E-state index contributed by atoms with van der Waals surface area (Å²) in [7, 11) is 1.94. The van der Waals surface area contributed by atoms with Gasteiger partial charge in [0.1, 0.15) is 12.4 Å². The minimum atomic E-state index is 0.247. The van der Waals surface area contributed by atoms with Crippen molar-refractivity contribution < 1.29 is 4.74 Å². The van der Waals surface area contributed by atoms with Gasteiger partial charge < -0.3 is 10.1 Å². The van der Waals surface area contributed by atoms with Gasteiger partial charge in [-0.2, -0.15) is 0 Å². The zero-order valence-corrected chi connectivity index (χ0v) is 9.71. The fourth-order valence-electron chi connectivity index (χ4n) is 2.24. The van der Waals surface area contributed by atoms with Crippen molar-refractivity contribution in [1.82, 2.24) is 5.32 Å². The van der Waals surface area contributed by atoms with Crippen LogP contribution in [0.5, 0.6) is 5.75 Å². The number of likely N-dealkylation sites (N-methyl/N-ethyl adjacent to an activating group) is 1. The molecule has 1 heterocycles. The van der Waals surface area contributed by atoms with Crippen molar-refractivity contribution in [2.45, 2.75) is 6.04 Å². The molecule has 0 saturated carbocycles. The van der Waals surface area contributed by atoms with Crippen LogP contribution in [0.25, 0.3) is 10.8 Å². The first-order chi connectivity index (χ1) is 7.81. The topological polar surface area (TPSA) is 21.3 Å². The monoisotopic (exact) mass is 233 g/mol. The quantitative estimate of drug-likeness (QED) is 0.817. The molecule has 16 heavy (non-hydrogen) atoms. The molecule has 1 aliphatic heterocycles. The molecule has 3 heteroatoms. The second-order valence-electron chi connectivity index (χ2n) is 3.97. The average molecular weight is 234 g/mol. The zero-order valence-electron chi connectivity index (χ0n) is 8.96. The van der Waals surface area contributed by atoms with Gasteiger partial charge in [0.15, 0.2) is 0 Å². The van der Waals surface area contributed by atoms with E-state index in [1.54, 1.807) is 0 Å². The molecule has 0 aliphatic carbocycles. The number of rotatable bonds is 1. The molecular formula is C13H12ClNO. The van der Waals surface area contributed by atoms with E-state index in [1.165, 1.54) is 0 Å². The Labute approximate surface area is 99.2 Å². The van der Waals surface area contributed by atoms with E-state index in [4.69, 9.17) is 16.3 Å². The molecule has 0 radical (unpaired) electrons. The number of ether oxygens (including phenoxy) is 1. The van der Waals surface area contributed by atoms with Gasteiger partial charge in [-0.25, -0.2) is 0 Å². The van der Waals surface area contributed by atoms with Gasteiger partial charge in [-0.1, -0.05) is 35.9 Å². The molecule has 0 bridgehead atoms. The molecule has 0 aromatic heterocycles. The standard InChI is InChI=1S/C13H12ClNO/c1-15-12-7-16-13-9-5-3-2-4-8(9)11(14)6-10(12)13/h2-6,12,15H,7H2,1H3. The smallest absolute Gasteiger partial charge is 0.132 e. The fraction of sp³-hybridized carbons (Fsp3) is 0.231. The summed E-state index contributed by atoms with van der Waals surface area (Å²) in [5, 5.41) is 6.18. The second-order valence-corrected chi connectivity index (χ2v) is 4.38. The Morgan fingerprint density at radius 1 is 1.31 bits per heavy atom. The molecule has 0 saturated heterocycles. The molecule has 1 aliphatic rings.